The predicted molar refractivity (Wildman–Crippen MR) is 91.2 cm³/mol. The van der Waals surface area contributed by atoms with Crippen LogP contribution in [0.2, 0.25) is 0 Å². The second kappa shape index (κ2) is 6.20. The molecule has 1 aliphatic heterocycles. The second-order valence-electron chi connectivity index (χ2n) is 5.86. The fourth-order valence-electron chi connectivity index (χ4n) is 2.95. The number of urea groups is 1. The zero-order valence-electron chi connectivity index (χ0n) is 13.2. The summed E-state index contributed by atoms with van der Waals surface area (Å²) in [5, 5.41) is 12.0. The van der Waals surface area contributed by atoms with Crippen molar-refractivity contribution in [3.8, 4) is 0 Å². The Bertz CT molecular complexity index is 841. The molecule has 0 radical (unpaired) electrons. The average Bonchev–Trinajstić information content (AvgIpc) is 3.21. The monoisotopic (exact) mass is 343 g/mol. The van der Waals surface area contributed by atoms with Gasteiger partial charge in [-0.3, -0.25) is 5.32 Å². The summed E-state index contributed by atoms with van der Waals surface area (Å²) < 4.78 is 5.87. The highest BCUT2D eigenvalue weighted by Crippen LogP contribution is 2.29. The molecule has 0 spiro atoms. The lowest BCUT2D eigenvalue weighted by Crippen LogP contribution is -2.41. The molecular formula is C16H17N5O2S. The molecule has 24 heavy (non-hydrogen) atoms. The number of fused-ring (bicyclic) bond motifs is 1. The third-order valence-corrected chi connectivity index (χ3v) is 4.86. The van der Waals surface area contributed by atoms with Crippen molar-refractivity contribution in [2.24, 2.45) is 0 Å². The summed E-state index contributed by atoms with van der Waals surface area (Å²) in [6, 6.07) is 7.58. The maximum Gasteiger partial charge on any atom is 0.323 e. The minimum absolute atomic E-state index is 0.119. The number of oxazole rings is 1. The number of likely N-dealkylation sites (tertiary alicyclic amines) is 1. The fourth-order valence-corrected chi connectivity index (χ4v) is 3.53. The van der Waals surface area contributed by atoms with Crippen molar-refractivity contribution in [3.05, 3.63) is 35.2 Å². The molecule has 0 aliphatic carbocycles. The van der Waals surface area contributed by atoms with Crippen LogP contribution in [0.5, 0.6) is 0 Å². The minimum atomic E-state index is -0.146. The zero-order chi connectivity index (χ0) is 16.5. The third-order valence-electron chi connectivity index (χ3n) is 4.11. The van der Waals surface area contributed by atoms with Gasteiger partial charge in [0.2, 0.25) is 5.13 Å². The van der Waals surface area contributed by atoms with Gasteiger partial charge in [0, 0.05) is 13.1 Å². The number of aryl methyl sites for hydroxylation is 1. The van der Waals surface area contributed by atoms with Crippen LogP contribution in [0.15, 0.2) is 28.7 Å². The molecule has 4 rings (SSSR count). The smallest absolute Gasteiger partial charge is 0.323 e. The quantitative estimate of drug-likeness (QED) is 0.771. The SMILES string of the molecule is Cc1nnc(NC(=O)N2CCC[C@H](c3nc4ccccc4o3)C2)s1. The van der Waals surface area contributed by atoms with E-state index in [1.54, 1.807) is 4.90 Å². The van der Waals surface area contributed by atoms with Crippen molar-refractivity contribution in [2.75, 3.05) is 18.4 Å². The summed E-state index contributed by atoms with van der Waals surface area (Å²) in [5.74, 6) is 0.827. The van der Waals surface area contributed by atoms with E-state index < -0.39 is 0 Å². The summed E-state index contributed by atoms with van der Waals surface area (Å²) >= 11 is 1.37. The van der Waals surface area contributed by atoms with Crippen LogP contribution < -0.4 is 5.32 Å². The number of amides is 2. The van der Waals surface area contributed by atoms with Gasteiger partial charge in [0.1, 0.15) is 10.5 Å². The summed E-state index contributed by atoms with van der Waals surface area (Å²) in [6.45, 7) is 3.17. The van der Waals surface area contributed by atoms with E-state index in [-0.39, 0.29) is 11.9 Å². The Morgan fingerprint density at radius 2 is 2.25 bits per heavy atom. The van der Waals surface area contributed by atoms with Crippen LogP contribution in [0.3, 0.4) is 0 Å². The maximum absolute atomic E-state index is 12.4. The van der Waals surface area contributed by atoms with E-state index in [1.165, 1.54) is 11.3 Å². The van der Waals surface area contributed by atoms with E-state index in [0.29, 0.717) is 17.6 Å². The van der Waals surface area contributed by atoms with Crippen LogP contribution in [-0.4, -0.2) is 39.2 Å². The van der Waals surface area contributed by atoms with Crippen LogP contribution in [0, 0.1) is 6.92 Å². The van der Waals surface area contributed by atoms with Gasteiger partial charge < -0.3 is 9.32 Å². The number of nitrogens with zero attached hydrogens (tertiary/aromatic N) is 4. The van der Waals surface area contributed by atoms with Crippen molar-refractivity contribution in [2.45, 2.75) is 25.7 Å². The van der Waals surface area contributed by atoms with Gasteiger partial charge >= 0.3 is 6.03 Å². The van der Waals surface area contributed by atoms with E-state index in [9.17, 15) is 4.79 Å². The lowest BCUT2D eigenvalue weighted by atomic mass is 9.98. The predicted octanol–water partition coefficient (Wildman–Crippen LogP) is 3.40. The van der Waals surface area contributed by atoms with Crippen LogP contribution in [-0.2, 0) is 0 Å². The number of hydrogen-bond acceptors (Lipinski definition) is 6. The highest BCUT2D eigenvalue weighted by molar-refractivity contribution is 7.15. The normalized spacial score (nSPS) is 18.0. The first-order chi connectivity index (χ1) is 11.7. The zero-order valence-corrected chi connectivity index (χ0v) is 14.0. The molecule has 2 aromatic heterocycles. The van der Waals surface area contributed by atoms with Crippen molar-refractivity contribution in [1.29, 1.82) is 0 Å². The number of rotatable bonds is 2. The molecule has 7 nitrogen and oxygen atoms in total. The topological polar surface area (TPSA) is 84.2 Å². The molecule has 1 aromatic carbocycles. The van der Waals surface area contributed by atoms with Crippen molar-refractivity contribution in [1.82, 2.24) is 20.1 Å². The van der Waals surface area contributed by atoms with Crippen LogP contribution in [0.4, 0.5) is 9.93 Å². The van der Waals surface area contributed by atoms with Gasteiger partial charge in [-0.15, -0.1) is 10.2 Å². The van der Waals surface area contributed by atoms with Crippen LogP contribution >= 0.6 is 11.3 Å². The van der Waals surface area contributed by atoms with Gasteiger partial charge in [-0.25, -0.2) is 9.78 Å². The number of para-hydroxylation sites is 2. The molecule has 0 bridgehead atoms. The first-order valence-corrected chi connectivity index (χ1v) is 8.72. The summed E-state index contributed by atoms with van der Waals surface area (Å²) in [5.41, 5.74) is 1.65. The number of aromatic nitrogens is 3. The Morgan fingerprint density at radius 3 is 3.04 bits per heavy atom. The molecule has 3 heterocycles. The van der Waals surface area contributed by atoms with Crippen LogP contribution in [0.25, 0.3) is 11.1 Å². The lowest BCUT2D eigenvalue weighted by molar-refractivity contribution is 0.187. The lowest BCUT2D eigenvalue weighted by Gasteiger charge is -2.30. The standard InChI is InChI=1S/C16H17N5O2S/c1-10-19-20-15(24-10)18-16(22)21-8-4-5-11(9-21)14-17-12-6-2-3-7-13(12)23-14/h2-3,6-7,11H,4-5,8-9H2,1H3,(H,18,20,22)/t11-/m0/s1. The molecule has 8 heteroatoms. The molecule has 1 N–H and O–H groups in total. The Labute approximate surface area is 142 Å². The van der Waals surface area contributed by atoms with E-state index in [0.717, 1.165) is 35.5 Å². The van der Waals surface area contributed by atoms with Gasteiger partial charge in [-0.1, -0.05) is 23.5 Å². The number of nitrogens with one attached hydrogen (secondary N) is 1. The van der Waals surface area contributed by atoms with Crippen LogP contribution in [0.1, 0.15) is 29.7 Å². The minimum Gasteiger partial charge on any atom is -0.440 e. The van der Waals surface area contributed by atoms with Crippen molar-refractivity contribution < 1.29 is 9.21 Å². The number of carbonyl (C=O) groups is 1. The maximum atomic E-state index is 12.4. The number of carbonyl (C=O) groups excluding carboxylic acids is 1. The Kier molecular flexibility index (Phi) is 3.89. The largest absolute Gasteiger partial charge is 0.440 e. The Balaban J connectivity index is 1.47. The van der Waals surface area contributed by atoms with Gasteiger partial charge in [-0.2, -0.15) is 0 Å². The molecular weight excluding hydrogens is 326 g/mol. The number of piperidine rings is 1. The average molecular weight is 343 g/mol. The van der Waals surface area contributed by atoms with Crippen molar-refractivity contribution in [3.63, 3.8) is 0 Å². The van der Waals surface area contributed by atoms with E-state index in [1.807, 2.05) is 31.2 Å². The molecule has 1 fully saturated rings. The Morgan fingerprint density at radius 1 is 1.38 bits per heavy atom. The molecule has 0 unspecified atom stereocenters. The van der Waals surface area contributed by atoms with E-state index in [2.05, 4.69) is 20.5 Å². The van der Waals surface area contributed by atoms with E-state index >= 15 is 0 Å². The molecule has 0 saturated carbocycles. The Hall–Kier alpha value is -2.48. The first kappa shape index (κ1) is 15.1. The summed E-state index contributed by atoms with van der Waals surface area (Å²) in [4.78, 5) is 18.8. The molecule has 1 atom stereocenters. The van der Waals surface area contributed by atoms with Crippen molar-refractivity contribution >= 4 is 33.6 Å². The molecule has 1 aliphatic rings. The summed E-state index contributed by atoms with van der Waals surface area (Å²) in [7, 11) is 0. The highest BCUT2D eigenvalue weighted by atomic mass is 32.1. The second-order valence-corrected chi connectivity index (χ2v) is 7.04. The highest BCUT2D eigenvalue weighted by Gasteiger charge is 2.28. The number of benzene rings is 1. The molecule has 1 saturated heterocycles. The summed E-state index contributed by atoms with van der Waals surface area (Å²) in [6.07, 6.45) is 1.89. The molecule has 124 valence electrons. The number of hydrogen-bond donors (Lipinski definition) is 1. The third kappa shape index (κ3) is 2.96. The van der Waals surface area contributed by atoms with Gasteiger partial charge in [0.25, 0.3) is 0 Å². The molecule has 2 amide bonds. The fraction of sp³-hybridized carbons (Fsp3) is 0.375. The number of anilines is 1. The molecule has 3 aromatic rings. The van der Waals surface area contributed by atoms with Gasteiger partial charge in [-0.05, 0) is 31.9 Å². The first-order valence-electron chi connectivity index (χ1n) is 7.90. The van der Waals surface area contributed by atoms with E-state index in [4.69, 9.17) is 4.42 Å². The van der Waals surface area contributed by atoms with Gasteiger partial charge in [0.15, 0.2) is 11.5 Å². The van der Waals surface area contributed by atoms with Gasteiger partial charge in [0.05, 0.1) is 5.92 Å².